The lowest BCUT2D eigenvalue weighted by Crippen LogP contribution is -2.49. The maximum atomic E-state index is 3.78. The Kier molecular flexibility index (Phi) is 10.1. The highest BCUT2D eigenvalue weighted by atomic mass is 35.5. The van der Waals surface area contributed by atoms with E-state index in [-0.39, 0.29) is 24.8 Å². The molecule has 0 heterocycles. The van der Waals surface area contributed by atoms with Crippen LogP contribution in [0.15, 0.2) is 54.6 Å². The highest BCUT2D eigenvalue weighted by Gasteiger charge is 2.24. The first-order valence-corrected chi connectivity index (χ1v) is 8.87. The van der Waals surface area contributed by atoms with Gasteiger partial charge in [-0.25, -0.2) is 0 Å². The van der Waals surface area contributed by atoms with Crippen LogP contribution in [0.2, 0.25) is 0 Å². The second kappa shape index (κ2) is 11.5. The molecule has 25 heavy (non-hydrogen) atoms. The van der Waals surface area contributed by atoms with Gasteiger partial charge in [0.15, 0.2) is 0 Å². The third kappa shape index (κ3) is 6.99. The Labute approximate surface area is 164 Å². The molecule has 1 saturated carbocycles. The Bertz CT molecular complexity index is 587. The summed E-state index contributed by atoms with van der Waals surface area (Å²) < 4.78 is 0. The Morgan fingerprint density at radius 3 is 1.72 bits per heavy atom. The van der Waals surface area contributed by atoms with E-state index >= 15 is 0 Å². The first-order valence-electron chi connectivity index (χ1n) is 8.87. The zero-order valence-electron chi connectivity index (χ0n) is 14.9. The van der Waals surface area contributed by atoms with Crippen LogP contribution in [0.3, 0.4) is 0 Å². The van der Waals surface area contributed by atoms with E-state index in [0.717, 1.165) is 13.1 Å². The smallest absolute Gasteiger partial charge is 0.0224 e. The molecule has 138 valence electrons. The van der Waals surface area contributed by atoms with Crippen LogP contribution >= 0.6 is 24.8 Å². The normalized spacial score (nSPS) is 19.6. The molecule has 2 aromatic rings. The van der Waals surface area contributed by atoms with E-state index in [2.05, 4.69) is 72.2 Å². The van der Waals surface area contributed by atoms with E-state index in [4.69, 9.17) is 0 Å². The molecule has 1 aliphatic rings. The molecule has 0 radical (unpaired) electrons. The lowest BCUT2D eigenvalue weighted by molar-refractivity contribution is 0.281. The number of rotatable bonds is 6. The minimum Gasteiger partial charge on any atom is -0.308 e. The predicted octanol–water partition coefficient (Wildman–Crippen LogP) is 5.03. The van der Waals surface area contributed by atoms with Gasteiger partial charge in [-0.1, -0.05) is 73.0 Å². The Morgan fingerprint density at radius 2 is 1.20 bits per heavy atom. The Hall–Kier alpha value is -1.06. The van der Waals surface area contributed by atoms with E-state index in [0.29, 0.717) is 12.1 Å². The summed E-state index contributed by atoms with van der Waals surface area (Å²) in [4.78, 5) is 0. The molecule has 2 atom stereocenters. The average Bonchev–Trinajstić information content (AvgIpc) is 2.61. The van der Waals surface area contributed by atoms with Crippen LogP contribution in [-0.4, -0.2) is 12.1 Å². The quantitative estimate of drug-likeness (QED) is 0.733. The van der Waals surface area contributed by atoms with Crippen molar-refractivity contribution in [3.8, 4) is 0 Å². The monoisotopic (exact) mass is 380 g/mol. The zero-order valence-corrected chi connectivity index (χ0v) is 16.5. The molecule has 0 bridgehead atoms. The molecule has 0 saturated heterocycles. The maximum Gasteiger partial charge on any atom is 0.0224 e. The number of halogens is 2. The van der Waals surface area contributed by atoms with E-state index in [9.17, 15) is 0 Å². The van der Waals surface area contributed by atoms with Gasteiger partial charge in [-0.2, -0.15) is 0 Å². The summed E-state index contributed by atoms with van der Waals surface area (Å²) in [5.74, 6) is 0. The van der Waals surface area contributed by atoms with Crippen molar-refractivity contribution in [1.29, 1.82) is 0 Å². The molecule has 2 aromatic carbocycles. The highest BCUT2D eigenvalue weighted by Crippen LogP contribution is 2.19. The first kappa shape index (κ1) is 22.0. The van der Waals surface area contributed by atoms with E-state index in [1.54, 1.807) is 0 Å². The van der Waals surface area contributed by atoms with Crippen molar-refractivity contribution in [1.82, 2.24) is 10.6 Å². The van der Waals surface area contributed by atoms with Gasteiger partial charge in [0, 0.05) is 25.2 Å². The fraction of sp³-hybridized carbons (Fsp3) is 0.429. The van der Waals surface area contributed by atoms with Gasteiger partial charge in [0.25, 0.3) is 0 Å². The number of hydrogen-bond donors (Lipinski definition) is 2. The second-order valence-electron chi connectivity index (χ2n) is 6.73. The average molecular weight is 381 g/mol. The summed E-state index contributed by atoms with van der Waals surface area (Å²) in [6, 6.07) is 20.7. The minimum atomic E-state index is 0. The van der Waals surface area contributed by atoms with Crippen LogP contribution < -0.4 is 10.6 Å². The molecule has 3 rings (SSSR count). The summed E-state index contributed by atoms with van der Waals surface area (Å²) in [6.07, 6.45) is 5.24. The minimum absolute atomic E-state index is 0. The standard InChI is InChI=1S/C21H28N2.2ClH/c1-17-11-13-19(14-12-17)16-23-21-10-6-5-9-20(21)22-15-18-7-3-2-4-8-18;;/h2-4,7-8,11-14,20-23H,5-6,9-10,15-16H2,1H3;2*1H. The second-order valence-corrected chi connectivity index (χ2v) is 6.73. The van der Waals surface area contributed by atoms with Crippen molar-refractivity contribution in [2.75, 3.05) is 0 Å². The molecular formula is C21H30Cl2N2. The summed E-state index contributed by atoms with van der Waals surface area (Å²) in [6.45, 7) is 4.07. The molecule has 2 unspecified atom stereocenters. The number of benzene rings is 2. The molecular weight excluding hydrogens is 351 g/mol. The fourth-order valence-electron chi connectivity index (χ4n) is 3.42. The van der Waals surface area contributed by atoms with Gasteiger partial charge < -0.3 is 10.6 Å². The van der Waals surface area contributed by atoms with Crippen molar-refractivity contribution in [2.45, 2.75) is 57.8 Å². The van der Waals surface area contributed by atoms with Crippen LogP contribution in [-0.2, 0) is 13.1 Å². The van der Waals surface area contributed by atoms with Crippen LogP contribution in [0.1, 0.15) is 42.4 Å². The predicted molar refractivity (Wildman–Crippen MR) is 112 cm³/mol. The van der Waals surface area contributed by atoms with Gasteiger partial charge in [0.1, 0.15) is 0 Å². The van der Waals surface area contributed by atoms with Crippen LogP contribution in [0.25, 0.3) is 0 Å². The third-order valence-electron chi connectivity index (χ3n) is 4.87. The molecule has 1 aliphatic carbocycles. The molecule has 0 aliphatic heterocycles. The molecule has 1 fully saturated rings. The van der Waals surface area contributed by atoms with Crippen molar-refractivity contribution >= 4 is 24.8 Å². The van der Waals surface area contributed by atoms with Crippen molar-refractivity contribution < 1.29 is 0 Å². The molecule has 0 aromatic heterocycles. The lowest BCUT2D eigenvalue weighted by atomic mass is 9.90. The largest absolute Gasteiger partial charge is 0.308 e. The number of nitrogens with one attached hydrogen (secondary N) is 2. The topological polar surface area (TPSA) is 24.1 Å². The van der Waals surface area contributed by atoms with Crippen LogP contribution in [0.5, 0.6) is 0 Å². The zero-order chi connectivity index (χ0) is 15.9. The third-order valence-corrected chi connectivity index (χ3v) is 4.87. The number of aryl methyl sites for hydroxylation is 1. The van der Waals surface area contributed by atoms with Gasteiger partial charge in [0.2, 0.25) is 0 Å². The summed E-state index contributed by atoms with van der Waals surface area (Å²) in [5, 5.41) is 7.55. The summed E-state index contributed by atoms with van der Waals surface area (Å²) >= 11 is 0. The van der Waals surface area contributed by atoms with Gasteiger partial charge in [-0.15, -0.1) is 24.8 Å². The molecule has 0 spiro atoms. The Morgan fingerprint density at radius 1 is 0.720 bits per heavy atom. The van der Waals surface area contributed by atoms with Crippen LogP contribution in [0.4, 0.5) is 0 Å². The van der Waals surface area contributed by atoms with Crippen molar-refractivity contribution in [2.24, 2.45) is 0 Å². The molecule has 2 N–H and O–H groups in total. The lowest BCUT2D eigenvalue weighted by Gasteiger charge is -2.33. The van der Waals surface area contributed by atoms with Crippen molar-refractivity contribution in [3.05, 3.63) is 71.3 Å². The summed E-state index contributed by atoms with van der Waals surface area (Å²) in [7, 11) is 0. The maximum absolute atomic E-state index is 3.78. The first-order chi connectivity index (χ1) is 11.3. The van der Waals surface area contributed by atoms with E-state index < -0.39 is 0 Å². The molecule has 4 heteroatoms. The van der Waals surface area contributed by atoms with Gasteiger partial charge in [-0.05, 0) is 30.9 Å². The van der Waals surface area contributed by atoms with E-state index in [1.165, 1.54) is 42.4 Å². The number of hydrogen-bond acceptors (Lipinski definition) is 2. The molecule has 0 amide bonds. The van der Waals surface area contributed by atoms with E-state index in [1.807, 2.05) is 0 Å². The molecule has 2 nitrogen and oxygen atoms in total. The summed E-state index contributed by atoms with van der Waals surface area (Å²) in [5.41, 5.74) is 4.08. The SMILES string of the molecule is Cc1ccc(CNC2CCCCC2NCc2ccccc2)cc1.Cl.Cl. The van der Waals surface area contributed by atoms with Gasteiger partial charge in [-0.3, -0.25) is 0 Å². The van der Waals surface area contributed by atoms with Crippen LogP contribution in [0, 0.1) is 6.92 Å². The fourth-order valence-corrected chi connectivity index (χ4v) is 3.42. The Balaban J connectivity index is 0.00000156. The highest BCUT2D eigenvalue weighted by molar-refractivity contribution is 5.85. The van der Waals surface area contributed by atoms with Gasteiger partial charge >= 0.3 is 0 Å². The van der Waals surface area contributed by atoms with Gasteiger partial charge in [0.05, 0.1) is 0 Å². The van der Waals surface area contributed by atoms with Crippen molar-refractivity contribution in [3.63, 3.8) is 0 Å².